The molecular weight excluding hydrogens is 342 g/mol. The summed E-state index contributed by atoms with van der Waals surface area (Å²) in [7, 11) is 0. The van der Waals surface area contributed by atoms with Gasteiger partial charge in [0.15, 0.2) is 5.96 Å². The molecule has 7 heteroatoms. The number of morpholine rings is 1. The Morgan fingerprint density at radius 2 is 2.15 bits per heavy atom. The van der Waals surface area contributed by atoms with Crippen LogP contribution in [0.25, 0.3) is 0 Å². The molecule has 0 saturated carbocycles. The second-order valence-corrected chi connectivity index (χ2v) is 7.06. The Labute approximate surface area is 162 Å². The predicted molar refractivity (Wildman–Crippen MR) is 107 cm³/mol. The van der Waals surface area contributed by atoms with E-state index in [4.69, 9.17) is 14.5 Å². The summed E-state index contributed by atoms with van der Waals surface area (Å²) in [6.07, 6.45) is 3.85. The van der Waals surface area contributed by atoms with Crippen LogP contribution in [0.3, 0.4) is 0 Å². The SMILES string of the molecule is CCNC(=NCC(C1CCOC1)N1CCOCC1)NCCc1ccccn1. The van der Waals surface area contributed by atoms with Crippen LogP contribution in [-0.2, 0) is 15.9 Å². The molecule has 2 atom stereocenters. The van der Waals surface area contributed by atoms with Crippen molar-refractivity contribution in [3.63, 3.8) is 0 Å². The molecule has 2 aliphatic heterocycles. The molecule has 27 heavy (non-hydrogen) atoms. The molecule has 2 N–H and O–H groups in total. The van der Waals surface area contributed by atoms with E-state index >= 15 is 0 Å². The van der Waals surface area contributed by atoms with Gasteiger partial charge in [-0.05, 0) is 25.5 Å². The number of hydrogen-bond acceptors (Lipinski definition) is 5. The van der Waals surface area contributed by atoms with Gasteiger partial charge in [-0.1, -0.05) is 6.07 Å². The van der Waals surface area contributed by atoms with Crippen molar-refractivity contribution in [1.82, 2.24) is 20.5 Å². The molecule has 2 saturated heterocycles. The summed E-state index contributed by atoms with van der Waals surface area (Å²) < 4.78 is 11.2. The van der Waals surface area contributed by atoms with Gasteiger partial charge in [-0.3, -0.25) is 14.9 Å². The van der Waals surface area contributed by atoms with Crippen LogP contribution in [0.2, 0.25) is 0 Å². The van der Waals surface area contributed by atoms with Crippen LogP contribution >= 0.6 is 0 Å². The summed E-state index contributed by atoms with van der Waals surface area (Å²) in [6.45, 7) is 9.88. The molecule has 150 valence electrons. The third-order valence-corrected chi connectivity index (χ3v) is 5.20. The molecule has 1 aromatic rings. The average molecular weight is 376 g/mol. The maximum atomic E-state index is 5.65. The van der Waals surface area contributed by atoms with Crippen molar-refractivity contribution >= 4 is 5.96 Å². The lowest BCUT2D eigenvalue weighted by molar-refractivity contribution is 0.00368. The third kappa shape index (κ3) is 6.45. The summed E-state index contributed by atoms with van der Waals surface area (Å²) >= 11 is 0. The minimum absolute atomic E-state index is 0.419. The van der Waals surface area contributed by atoms with Crippen molar-refractivity contribution in [2.75, 3.05) is 59.2 Å². The summed E-state index contributed by atoms with van der Waals surface area (Å²) in [5.41, 5.74) is 1.09. The zero-order chi connectivity index (χ0) is 18.7. The number of nitrogens with one attached hydrogen (secondary N) is 2. The van der Waals surface area contributed by atoms with Gasteiger partial charge in [0.05, 0.1) is 26.4 Å². The summed E-state index contributed by atoms with van der Waals surface area (Å²) in [5.74, 6) is 1.44. The average Bonchev–Trinajstić information content (AvgIpc) is 3.24. The first-order chi connectivity index (χ1) is 13.4. The molecule has 3 heterocycles. The first kappa shape index (κ1) is 20.0. The zero-order valence-corrected chi connectivity index (χ0v) is 16.4. The van der Waals surface area contributed by atoms with E-state index in [0.717, 1.165) is 83.6 Å². The van der Waals surface area contributed by atoms with Crippen molar-refractivity contribution < 1.29 is 9.47 Å². The lowest BCUT2D eigenvalue weighted by Gasteiger charge is -2.36. The second-order valence-electron chi connectivity index (χ2n) is 7.06. The Morgan fingerprint density at radius 3 is 2.85 bits per heavy atom. The fraction of sp³-hybridized carbons (Fsp3) is 0.700. The molecule has 1 aromatic heterocycles. The van der Waals surface area contributed by atoms with Gasteiger partial charge in [0, 0.05) is 63.1 Å². The maximum absolute atomic E-state index is 5.65. The van der Waals surface area contributed by atoms with Gasteiger partial charge in [-0.25, -0.2) is 0 Å². The highest BCUT2D eigenvalue weighted by atomic mass is 16.5. The molecule has 0 aliphatic carbocycles. The largest absolute Gasteiger partial charge is 0.381 e. The standard InChI is InChI=1S/C20H33N5O2/c1-2-21-20(23-9-6-18-5-3-4-8-22-18)24-15-19(17-7-12-27-16-17)25-10-13-26-14-11-25/h3-5,8,17,19H,2,6-7,9-16H2,1H3,(H2,21,23,24). The smallest absolute Gasteiger partial charge is 0.191 e. The van der Waals surface area contributed by atoms with Crippen molar-refractivity contribution in [3.05, 3.63) is 30.1 Å². The van der Waals surface area contributed by atoms with Crippen molar-refractivity contribution in [1.29, 1.82) is 0 Å². The van der Waals surface area contributed by atoms with Gasteiger partial charge in [-0.2, -0.15) is 0 Å². The molecule has 2 unspecified atom stereocenters. The normalized spacial score (nSPS) is 22.6. The lowest BCUT2D eigenvalue weighted by atomic mass is 9.97. The van der Waals surface area contributed by atoms with E-state index in [9.17, 15) is 0 Å². The van der Waals surface area contributed by atoms with E-state index in [2.05, 4.69) is 33.5 Å². The minimum atomic E-state index is 0.419. The number of hydrogen-bond donors (Lipinski definition) is 2. The zero-order valence-electron chi connectivity index (χ0n) is 16.4. The Morgan fingerprint density at radius 1 is 1.26 bits per heavy atom. The highest BCUT2D eigenvalue weighted by molar-refractivity contribution is 5.79. The maximum Gasteiger partial charge on any atom is 0.191 e. The number of guanidine groups is 1. The molecule has 3 rings (SSSR count). The molecule has 0 radical (unpaired) electrons. The highest BCUT2D eigenvalue weighted by Gasteiger charge is 2.31. The van der Waals surface area contributed by atoms with E-state index in [0.29, 0.717) is 12.0 Å². The Hall–Kier alpha value is -1.70. The number of aromatic nitrogens is 1. The fourth-order valence-electron chi connectivity index (χ4n) is 3.71. The molecule has 2 aliphatic rings. The number of aliphatic imine (C=N–C) groups is 1. The number of ether oxygens (including phenoxy) is 2. The molecule has 2 fully saturated rings. The first-order valence-corrected chi connectivity index (χ1v) is 10.2. The summed E-state index contributed by atoms with van der Waals surface area (Å²) in [4.78, 5) is 11.8. The van der Waals surface area contributed by atoms with Crippen LogP contribution < -0.4 is 10.6 Å². The summed E-state index contributed by atoms with van der Waals surface area (Å²) in [6, 6.07) is 6.45. The molecule has 0 spiro atoms. The molecule has 7 nitrogen and oxygen atoms in total. The van der Waals surface area contributed by atoms with E-state index in [1.807, 2.05) is 18.3 Å². The minimum Gasteiger partial charge on any atom is -0.381 e. The van der Waals surface area contributed by atoms with Crippen molar-refractivity contribution in [2.45, 2.75) is 25.8 Å². The monoisotopic (exact) mass is 375 g/mol. The Bertz CT molecular complexity index is 557. The van der Waals surface area contributed by atoms with Gasteiger partial charge in [-0.15, -0.1) is 0 Å². The number of nitrogens with zero attached hydrogens (tertiary/aromatic N) is 3. The van der Waals surface area contributed by atoms with Crippen molar-refractivity contribution in [3.8, 4) is 0 Å². The van der Waals surface area contributed by atoms with Gasteiger partial charge < -0.3 is 20.1 Å². The highest BCUT2D eigenvalue weighted by Crippen LogP contribution is 2.22. The van der Waals surface area contributed by atoms with E-state index < -0.39 is 0 Å². The van der Waals surface area contributed by atoms with Crippen LogP contribution in [0.1, 0.15) is 19.0 Å². The van der Waals surface area contributed by atoms with Crippen molar-refractivity contribution in [2.24, 2.45) is 10.9 Å². The first-order valence-electron chi connectivity index (χ1n) is 10.2. The van der Waals surface area contributed by atoms with Crippen LogP contribution in [0.4, 0.5) is 0 Å². The van der Waals surface area contributed by atoms with Crippen LogP contribution in [-0.4, -0.2) is 81.0 Å². The fourth-order valence-corrected chi connectivity index (χ4v) is 3.71. The second kappa shape index (κ2) is 11.2. The van der Waals surface area contributed by atoms with E-state index in [1.54, 1.807) is 0 Å². The molecular formula is C20H33N5O2. The molecule has 0 bridgehead atoms. The summed E-state index contributed by atoms with van der Waals surface area (Å²) in [5, 5.41) is 6.80. The van der Waals surface area contributed by atoms with Crippen LogP contribution in [0, 0.1) is 5.92 Å². The van der Waals surface area contributed by atoms with Crippen LogP contribution in [0.15, 0.2) is 29.4 Å². The predicted octanol–water partition coefficient (Wildman–Crippen LogP) is 0.917. The topological polar surface area (TPSA) is 71.0 Å². The molecule has 0 amide bonds. The van der Waals surface area contributed by atoms with Gasteiger partial charge in [0.1, 0.15) is 0 Å². The van der Waals surface area contributed by atoms with Gasteiger partial charge >= 0.3 is 0 Å². The Balaban J connectivity index is 1.56. The Kier molecular flexibility index (Phi) is 8.32. The van der Waals surface area contributed by atoms with Crippen LogP contribution in [0.5, 0.6) is 0 Å². The lowest BCUT2D eigenvalue weighted by Crippen LogP contribution is -2.49. The molecule has 0 aromatic carbocycles. The quantitative estimate of drug-likeness (QED) is 0.520. The van der Waals surface area contributed by atoms with Gasteiger partial charge in [0.25, 0.3) is 0 Å². The number of rotatable bonds is 8. The third-order valence-electron chi connectivity index (χ3n) is 5.20. The van der Waals surface area contributed by atoms with Gasteiger partial charge in [0.2, 0.25) is 0 Å². The van der Waals surface area contributed by atoms with E-state index in [1.165, 1.54) is 0 Å². The van der Waals surface area contributed by atoms with E-state index in [-0.39, 0.29) is 0 Å². The number of pyridine rings is 1.